The number of ether oxygens (including phenoxy) is 1. The fourth-order valence-corrected chi connectivity index (χ4v) is 6.08. The van der Waals surface area contributed by atoms with Gasteiger partial charge < -0.3 is 9.84 Å². The van der Waals surface area contributed by atoms with Gasteiger partial charge in [-0.1, -0.05) is 33.3 Å². The van der Waals surface area contributed by atoms with Gasteiger partial charge in [0.05, 0.1) is 11.2 Å². The first kappa shape index (κ1) is 17.2. The van der Waals surface area contributed by atoms with Gasteiger partial charge in [-0.3, -0.25) is 4.79 Å². The van der Waals surface area contributed by atoms with Gasteiger partial charge in [0.25, 0.3) is 0 Å². The van der Waals surface area contributed by atoms with Crippen LogP contribution in [0.5, 0.6) is 0 Å². The lowest BCUT2D eigenvalue weighted by Crippen LogP contribution is -2.66. The van der Waals surface area contributed by atoms with E-state index in [0.717, 1.165) is 32.1 Å². The second-order valence-corrected chi connectivity index (χ2v) is 9.04. The number of aliphatic hydroxyl groups excluding tert-OH is 1. The van der Waals surface area contributed by atoms with E-state index in [9.17, 15) is 9.90 Å². The number of hydrogen-bond donors (Lipinski definition) is 1. The first-order chi connectivity index (χ1) is 10.7. The maximum Gasteiger partial charge on any atom is 0.138 e. The van der Waals surface area contributed by atoms with Crippen molar-refractivity contribution < 1.29 is 14.6 Å². The molecule has 6 atom stereocenters. The van der Waals surface area contributed by atoms with Gasteiger partial charge >= 0.3 is 0 Å². The third-order valence-electron chi connectivity index (χ3n) is 7.81. The maximum atomic E-state index is 12.9. The van der Waals surface area contributed by atoms with E-state index in [4.69, 9.17) is 4.74 Å². The summed E-state index contributed by atoms with van der Waals surface area (Å²) in [5.41, 5.74) is -0.984. The molecule has 0 aromatic rings. The summed E-state index contributed by atoms with van der Waals surface area (Å²) in [7, 11) is 0. The monoisotopic (exact) mass is 320 g/mol. The van der Waals surface area contributed by atoms with Crippen molar-refractivity contribution in [3.63, 3.8) is 0 Å². The van der Waals surface area contributed by atoms with Crippen LogP contribution in [0.3, 0.4) is 0 Å². The van der Waals surface area contributed by atoms with Crippen molar-refractivity contribution in [3.8, 4) is 0 Å². The molecule has 23 heavy (non-hydrogen) atoms. The van der Waals surface area contributed by atoms with Gasteiger partial charge in [0.2, 0.25) is 0 Å². The van der Waals surface area contributed by atoms with E-state index >= 15 is 0 Å². The third-order valence-corrected chi connectivity index (χ3v) is 7.81. The fourth-order valence-electron chi connectivity index (χ4n) is 6.08. The molecule has 0 radical (unpaired) electrons. The van der Waals surface area contributed by atoms with Crippen LogP contribution >= 0.6 is 0 Å². The molecule has 1 aliphatic heterocycles. The lowest BCUT2D eigenvalue weighted by atomic mass is 9.44. The predicted molar refractivity (Wildman–Crippen MR) is 91.1 cm³/mol. The van der Waals surface area contributed by atoms with Crippen LogP contribution in [0, 0.1) is 22.7 Å². The van der Waals surface area contributed by atoms with Gasteiger partial charge in [-0.15, -0.1) is 6.58 Å². The minimum absolute atomic E-state index is 0.0587. The van der Waals surface area contributed by atoms with E-state index in [2.05, 4.69) is 34.3 Å². The van der Waals surface area contributed by atoms with E-state index in [-0.39, 0.29) is 34.9 Å². The van der Waals surface area contributed by atoms with Crippen molar-refractivity contribution in [2.75, 3.05) is 6.61 Å². The van der Waals surface area contributed by atoms with Crippen LogP contribution < -0.4 is 0 Å². The smallest absolute Gasteiger partial charge is 0.138 e. The Morgan fingerprint density at radius 1 is 1.26 bits per heavy atom. The summed E-state index contributed by atoms with van der Waals surface area (Å²) >= 11 is 0. The molecule has 0 amide bonds. The number of Topliss-reactive ketones (excluding diaryl/α,β-unsaturated/α-hetero) is 1. The van der Waals surface area contributed by atoms with Gasteiger partial charge in [0.15, 0.2) is 0 Å². The van der Waals surface area contributed by atoms with Crippen LogP contribution in [0.15, 0.2) is 12.7 Å². The molecule has 1 spiro atoms. The highest BCUT2D eigenvalue weighted by Crippen LogP contribution is 2.66. The van der Waals surface area contributed by atoms with Gasteiger partial charge in [0.1, 0.15) is 5.78 Å². The lowest BCUT2D eigenvalue weighted by molar-refractivity contribution is -0.235. The second-order valence-electron chi connectivity index (χ2n) is 9.04. The molecule has 0 bridgehead atoms. The quantitative estimate of drug-likeness (QED) is 0.785. The normalized spacial score (nSPS) is 53.3. The van der Waals surface area contributed by atoms with E-state index in [1.165, 1.54) is 0 Å². The van der Waals surface area contributed by atoms with Gasteiger partial charge in [-0.25, -0.2) is 0 Å². The number of carbonyl (C=O) groups is 1. The van der Waals surface area contributed by atoms with E-state index < -0.39 is 5.60 Å². The average Bonchev–Trinajstić information content (AvgIpc) is 2.89. The van der Waals surface area contributed by atoms with Crippen LogP contribution in [0.1, 0.15) is 66.2 Å². The molecule has 0 aromatic heterocycles. The van der Waals surface area contributed by atoms with Crippen LogP contribution in [-0.4, -0.2) is 28.7 Å². The standard InChI is InChI=1S/C20H32O3/c1-6-18(4)10-11-20(23-18)14(2)15(22)12-16-17(3,13-21)8-7-9-19(16,20)5/h6,14,16,21H,1,7-13H2,2-5H3. The third kappa shape index (κ3) is 2.12. The molecule has 1 saturated heterocycles. The molecule has 0 aromatic carbocycles. The number of rotatable bonds is 2. The van der Waals surface area contributed by atoms with Crippen LogP contribution in [0.25, 0.3) is 0 Å². The Morgan fingerprint density at radius 3 is 2.52 bits per heavy atom. The highest BCUT2D eigenvalue weighted by Gasteiger charge is 2.68. The number of aliphatic hydroxyl groups is 1. The van der Waals surface area contributed by atoms with Gasteiger partial charge in [-0.2, -0.15) is 0 Å². The maximum absolute atomic E-state index is 12.9. The van der Waals surface area contributed by atoms with Crippen molar-refractivity contribution in [2.45, 2.75) is 77.4 Å². The molecule has 2 saturated carbocycles. The Balaban J connectivity index is 2.10. The predicted octanol–water partition coefficient (Wildman–Crippen LogP) is 3.89. The molecule has 6 unspecified atom stereocenters. The minimum atomic E-state index is -0.410. The Hall–Kier alpha value is -0.670. The van der Waals surface area contributed by atoms with E-state index in [1.807, 2.05) is 6.08 Å². The van der Waals surface area contributed by atoms with Crippen LogP contribution in [0.2, 0.25) is 0 Å². The Morgan fingerprint density at radius 2 is 1.96 bits per heavy atom. The summed E-state index contributed by atoms with van der Waals surface area (Å²) in [6.45, 7) is 12.7. The van der Waals surface area contributed by atoms with Gasteiger partial charge in [0, 0.05) is 24.4 Å². The number of carbonyl (C=O) groups excluding carboxylic acids is 1. The zero-order valence-electron chi connectivity index (χ0n) is 15.2. The summed E-state index contributed by atoms with van der Waals surface area (Å²) < 4.78 is 6.70. The second kappa shape index (κ2) is 5.16. The lowest BCUT2D eigenvalue weighted by Gasteiger charge is -2.63. The first-order valence-corrected chi connectivity index (χ1v) is 9.14. The molecule has 1 N–H and O–H groups in total. The minimum Gasteiger partial charge on any atom is -0.396 e. The molecule has 3 aliphatic rings. The van der Waals surface area contributed by atoms with Crippen molar-refractivity contribution in [1.29, 1.82) is 0 Å². The molecule has 130 valence electrons. The molecule has 1 heterocycles. The summed E-state index contributed by atoms with van der Waals surface area (Å²) in [5.74, 6) is 0.429. The van der Waals surface area contributed by atoms with Gasteiger partial charge in [-0.05, 0) is 43.9 Å². The number of ketones is 1. The fraction of sp³-hybridized carbons (Fsp3) is 0.850. The van der Waals surface area contributed by atoms with E-state index in [1.54, 1.807) is 0 Å². The molecule has 3 rings (SSSR count). The number of fused-ring (bicyclic) bond motifs is 2. The SMILES string of the molecule is C=CC1(C)CCC2(O1)C(C)C(=O)CC1C(C)(CO)CCCC12C. The van der Waals surface area contributed by atoms with Crippen LogP contribution in [-0.2, 0) is 9.53 Å². The zero-order valence-corrected chi connectivity index (χ0v) is 15.2. The summed E-state index contributed by atoms with van der Waals surface area (Å²) in [5, 5.41) is 10.1. The highest BCUT2D eigenvalue weighted by atomic mass is 16.5. The largest absolute Gasteiger partial charge is 0.396 e. The summed E-state index contributed by atoms with van der Waals surface area (Å²) in [4.78, 5) is 12.9. The molecular weight excluding hydrogens is 288 g/mol. The highest BCUT2D eigenvalue weighted by molar-refractivity contribution is 5.84. The average molecular weight is 320 g/mol. The van der Waals surface area contributed by atoms with Crippen molar-refractivity contribution in [2.24, 2.45) is 22.7 Å². The van der Waals surface area contributed by atoms with Crippen molar-refractivity contribution >= 4 is 5.78 Å². The number of hydrogen-bond acceptors (Lipinski definition) is 3. The van der Waals surface area contributed by atoms with Crippen LogP contribution in [0.4, 0.5) is 0 Å². The van der Waals surface area contributed by atoms with Crippen molar-refractivity contribution in [1.82, 2.24) is 0 Å². The van der Waals surface area contributed by atoms with E-state index in [0.29, 0.717) is 12.2 Å². The molecule has 3 heteroatoms. The Bertz CT molecular complexity index is 529. The molecule has 2 aliphatic carbocycles. The molecule has 3 fully saturated rings. The Labute approximate surface area is 140 Å². The topological polar surface area (TPSA) is 46.5 Å². The summed E-state index contributed by atoms with van der Waals surface area (Å²) in [6.07, 6.45) is 7.51. The van der Waals surface area contributed by atoms with Crippen molar-refractivity contribution in [3.05, 3.63) is 12.7 Å². The first-order valence-electron chi connectivity index (χ1n) is 9.14. The summed E-state index contributed by atoms with van der Waals surface area (Å²) in [6, 6.07) is 0. The molecular formula is C20H32O3. The zero-order chi connectivity index (χ0) is 17.1. The Kier molecular flexibility index (Phi) is 3.85. The molecule has 3 nitrogen and oxygen atoms in total.